The first-order valence-corrected chi connectivity index (χ1v) is 8.63. The summed E-state index contributed by atoms with van der Waals surface area (Å²) in [4.78, 5) is 38.3. The third-order valence-corrected chi connectivity index (χ3v) is 4.27. The number of hydrogen-bond donors (Lipinski definition) is 1. The van der Waals surface area contributed by atoms with Crippen molar-refractivity contribution in [2.24, 2.45) is 0 Å². The zero-order valence-corrected chi connectivity index (χ0v) is 14.8. The first-order chi connectivity index (χ1) is 13.0. The van der Waals surface area contributed by atoms with Gasteiger partial charge in [0, 0.05) is 13.0 Å². The number of nitrogens with zero attached hydrogens (tertiary/aromatic N) is 1. The number of hydrogen-bond acceptors (Lipinski definition) is 4. The molecule has 1 atom stereocenters. The number of nitrogens with one attached hydrogen (secondary N) is 1. The first-order valence-electron chi connectivity index (χ1n) is 8.63. The quantitative estimate of drug-likeness (QED) is 0.821. The molecule has 1 aliphatic rings. The van der Waals surface area contributed by atoms with E-state index >= 15 is 0 Å². The number of amides is 2. The number of halogens is 1. The normalized spacial score (nSPS) is 14.7. The molecule has 0 aliphatic carbocycles. The summed E-state index contributed by atoms with van der Waals surface area (Å²) in [5, 5.41) is 2.39. The molecule has 0 spiro atoms. The number of esters is 1. The molecular formula is C20H19FN2O4. The predicted molar refractivity (Wildman–Crippen MR) is 97.9 cm³/mol. The van der Waals surface area contributed by atoms with Crippen molar-refractivity contribution in [2.45, 2.75) is 25.9 Å². The Morgan fingerprint density at radius 3 is 2.56 bits per heavy atom. The average Bonchev–Trinajstić information content (AvgIpc) is 3.09. The van der Waals surface area contributed by atoms with Crippen LogP contribution in [0.3, 0.4) is 0 Å². The minimum atomic E-state index is -1.14. The molecule has 1 heterocycles. The van der Waals surface area contributed by atoms with Gasteiger partial charge in [-0.25, -0.2) is 9.18 Å². The summed E-state index contributed by atoms with van der Waals surface area (Å²) in [6, 6.07) is 12.3. The SMILES string of the molecule is C[C@@H](OC(=O)c1ccccc1N1CCCC1=O)C(=O)Nc1ccccc1F. The van der Waals surface area contributed by atoms with Crippen LogP contribution >= 0.6 is 0 Å². The van der Waals surface area contributed by atoms with Crippen molar-refractivity contribution in [1.82, 2.24) is 0 Å². The number of rotatable bonds is 5. The van der Waals surface area contributed by atoms with Crippen LogP contribution < -0.4 is 10.2 Å². The van der Waals surface area contributed by atoms with Crippen molar-refractivity contribution in [1.29, 1.82) is 0 Å². The highest BCUT2D eigenvalue weighted by molar-refractivity contribution is 6.04. The fourth-order valence-corrected chi connectivity index (χ4v) is 2.86. The van der Waals surface area contributed by atoms with Gasteiger partial charge in [0.2, 0.25) is 5.91 Å². The molecule has 0 radical (unpaired) electrons. The second-order valence-corrected chi connectivity index (χ2v) is 6.18. The molecule has 3 rings (SSSR count). The minimum Gasteiger partial charge on any atom is -0.449 e. The Bertz CT molecular complexity index is 884. The van der Waals surface area contributed by atoms with Crippen molar-refractivity contribution < 1.29 is 23.5 Å². The summed E-state index contributed by atoms with van der Waals surface area (Å²) in [5.41, 5.74) is 0.679. The van der Waals surface area contributed by atoms with Gasteiger partial charge in [-0.1, -0.05) is 24.3 Å². The van der Waals surface area contributed by atoms with Crippen LogP contribution in [0, 0.1) is 5.82 Å². The lowest BCUT2D eigenvalue weighted by Gasteiger charge is -2.20. The Kier molecular flexibility index (Phi) is 5.49. The summed E-state index contributed by atoms with van der Waals surface area (Å²) < 4.78 is 18.9. The molecule has 6 nitrogen and oxygen atoms in total. The second kappa shape index (κ2) is 7.99. The van der Waals surface area contributed by atoms with E-state index in [1.54, 1.807) is 35.2 Å². The number of para-hydroxylation sites is 2. The monoisotopic (exact) mass is 370 g/mol. The molecule has 0 bridgehead atoms. The second-order valence-electron chi connectivity index (χ2n) is 6.18. The third-order valence-electron chi connectivity index (χ3n) is 4.27. The van der Waals surface area contributed by atoms with Gasteiger partial charge < -0.3 is 15.0 Å². The van der Waals surface area contributed by atoms with Crippen LogP contribution in [0.4, 0.5) is 15.8 Å². The lowest BCUT2D eigenvalue weighted by atomic mass is 10.1. The van der Waals surface area contributed by atoms with Gasteiger partial charge in [-0.3, -0.25) is 9.59 Å². The van der Waals surface area contributed by atoms with Crippen molar-refractivity contribution in [3.8, 4) is 0 Å². The zero-order chi connectivity index (χ0) is 19.4. The van der Waals surface area contributed by atoms with E-state index in [9.17, 15) is 18.8 Å². The Morgan fingerprint density at radius 1 is 1.15 bits per heavy atom. The standard InChI is InChI=1S/C20H19FN2O4/c1-13(19(25)22-16-9-4-3-8-15(16)21)27-20(26)14-7-2-5-10-17(14)23-12-6-11-18(23)24/h2-5,7-10,13H,6,11-12H2,1H3,(H,22,25)/t13-/m1/s1. The maximum atomic E-state index is 13.6. The van der Waals surface area contributed by atoms with Crippen molar-refractivity contribution in [2.75, 3.05) is 16.8 Å². The highest BCUT2D eigenvalue weighted by Crippen LogP contribution is 2.26. The van der Waals surface area contributed by atoms with Crippen molar-refractivity contribution in [3.63, 3.8) is 0 Å². The molecule has 1 N–H and O–H groups in total. The summed E-state index contributed by atoms with van der Waals surface area (Å²) in [7, 11) is 0. The minimum absolute atomic E-state index is 0.00784. The number of carbonyl (C=O) groups is 3. The van der Waals surface area contributed by atoms with E-state index in [0.29, 0.717) is 18.7 Å². The highest BCUT2D eigenvalue weighted by atomic mass is 19.1. The number of anilines is 2. The van der Waals surface area contributed by atoms with Crippen LogP contribution in [-0.4, -0.2) is 30.4 Å². The van der Waals surface area contributed by atoms with Crippen molar-refractivity contribution in [3.05, 3.63) is 59.9 Å². The molecular weight excluding hydrogens is 351 g/mol. The first kappa shape index (κ1) is 18.6. The lowest BCUT2D eigenvalue weighted by Crippen LogP contribution is -2.31. The van der Waals surface area contributed by atoms with E-state index < -0.39 is 23.8 Å². The molecule has 1 saturated heterocycles. The summed E-state index contributed by atoms with van der Waals surface area (Å²) in [5.74, 6) is -2.01. The van der Waals surface area contributed by atoms with Gasteiger partial charge in [0.1, 0.15) is 5.82 Å². The molecule has 2 aromatic carbocycles. The van der Waals surface area contributed by atoms with Gasteiger partial charge in [0.15, 0.2) is 6.10 Å². The van der Waals surface area contributed by atoms with Gasteiger partial charge in [0.25, 0.3) is 5.91 Å². The zero-order valence-electron chi connectivity index (χ0n) is 14.8. The molecule has 1 aliphatic heterocycles. The van der Waals surface area contributed by atoms with E-state index in [1.165, 1.54) is 25.1 Å². The molecule has 7 heteroatoms. The highest BCUT2D eigenvalue weighted by Gasteiger charge is 2.27. The van der Waals surface area contributed by atoms with E-state index in [4.69, 9.17) is 4.74 Å². The predicted octanol–water partition coefficient (Wildman–Crippen LogP) is 3.14. The molecule has 2 aromatic rings. The maximum absolute atomic E-state index is 13.6. The molecule has 1 fully saturated rings. The van der Waals surface area contributed by atoms with E-state index in [1.807, 2.05) is 0 Å². The van der Waals surface area contributed by atoms with Crippen LogP contribution in [0.15, 0.2) is 48.5 Å². The Balaban J connectivity index is 1.71. The largest absolute Gasteiger partial charge is 0.449 e. The lowest BCUT2D eigenvalue weighted by molar-refractivity contribution is -0.123. The van der Waals surface area contributed by atoms with Crippen LogP contribution in [0.1, 0.15) is 30.1 Å². The van der Waals surface area contributed by atoms with Crippen LogP contribution in [0.25, 0.3) is 0 Å². The Labute approximate surface area is 155 Å². The van der Waals surface area contributed by atoms with E-state index in [2.05, 4.69) is 5.32 Å². The summed E-state index contributed by atoms with van der Waals surface area (Å²) >= 11 is 0. The smallest absolute Gasteiger partial charge is 0.341 e. The molecule has 0 saturated carbocycles. The summed E-state index contributed by atoms with van der Waals surface area (Å²) in [6.45, 7) is 1.93. The maximum Gasteiger partial charge on any atom is 0.341 e. The van der Waals surface area contributed by atoms with Crippen LogP contribution in [-0.2, 0) is 14.3 Å². The van der Waals surface area contributed by atoms with E-state index in [-0.39, 0.29) is 17.2 Å². The third kappa shape index (κ3) is 4.13. The number of benzene rings is 2. The fraction of sp³-hybridized carbons (Fsp3) is 0.250. The molecule has 140 valence electrons. The molecule has 2 amide bonds. The number of carbonyl (C=O) groups excluding carboxylic acids is 3. The van der Waals surface area contributed by atoms with Gasteiger partial charge in [0.05, 0.1) is 16.9 Å². The Morgan fingerprint density at radius 2 is 1.85 bits per heavy atom. The fourth-order valence-electron chi connectivity index (χ4n) is 2.86. The number of ether oxygens (including phenoxy) is 1. The molecule has 27 heavy (non-hydrogen) atoms. The molecule has 0 unspecified atom stereocenters. The van der Waals surface area contributed by atoms with Gasteiger partial charge in [-0.2, -0.15) is 0 Å². The molecule has 0 aromatic heterocycles. The van der Waals surface area contributed by atoms with Gasteiger partial charge in [-0.05, 0) is 37.6 Å². The van der Waals surface area contributed by atoms with Gasteiger partial charge >= 0.3 is 5.97 Å². The van der Waals surface area contributed by atoms with Gasteiger partial charge in [-0.15, -0.1) is 0 Å². The topological polar surface area (TPSA) is 75.7 Å². The van der Waals surface area contributed by atoms with E-state index in [0.717, 1.165) is 6.42 Å². The summed E-state index contributed by atoms with van der Waals surface area (Å²) in [6.07, 6.45) is 0.0218. The van der Waals surface area contributed by atoms with Crippen LogP contribution in [0.2, 0.25) is 0 Å². The average molecular weight is 370 g/mol. The van der Waals surface area contributed by atoms with Crippen LogP contribution in [0.5, 0.6) is 0 Å². The Hall–Kier alpha value is -3.22. The van der Waals surface area contributed by atoms with Crippen molar-refractivity contribution >= 4 is 29.2 Å².